The van der Waals surface area contributed by atoms with Gasteiger partial charge < -0.3 is 10.2 Å². The second-order valence-electron chi connectivity index (χ2n) is 5.90. The summed E-state index contributed by atoms with van der Waals surface area (Å²) in [5.74, 6) is 0.847. The summed E-state index contributed by atoms with van der Waals surface area (Å²) in [6.45, 7) is 6.89. The fourth-order valence-corrected chi connectivity index (χ4v) is 2.81. The lowest BCUT2D eigenvalue weighted by Gasteiger charge is -2.35. The largest absolute Gasteiger partial charge is 0.381 e. The predicted octanol–water partition coefficient (Wildman–Crippen LogP) is 2.55. The van der Waals surface area contributed by atoms with Gasteiger partial charge in [0.1, 0.15) is 0 Å². The third-order valence-electron chi connectivity index (χ3n) is 4.12. The molecule has 2 aromatic heterocycles. The van der Waals surface area contributed by atoms with E-state index in [1.807, 2.05) is 24.5 Å². The van der Waals surface area contributed by atoms with Crippen molar-refractivity contribution in [2.45, 2.75) is 38.8 Å². The molecule has 1 aliphatic rings. The van der Waals surface area contributed by atoms with Gasteiger partial charge in [0.15, 0.2) is 5.82 Å². The van der Waals surface area contributed by atoms with Crippen molar-refractivity contribution < 1.29 is 0 Å². The van der Waals surface area contributed by atoms with Gasteiger partial charge in [-0.2, -0.15) is 5.10 Å². The van der Waals surface area contributed by atoms with Crippen LogP contribution >= 0.6 is 0 Å². The van der Waals surface area contributed by atoms with Crippen molar-refractivity contribution >= 4 is 5.69 Å². The molecule has 21 heavy (non-hydrogen) atoms. The fraction of sp³-hybridized carbons (Fsp3) is 0.500. The molecule has 0 atom stereocenters. The van der Waals surface area contributed by atoms with E-state index in [0.717, 1.165) is 11.5 Å². The molecule has 0 aromatic carbocycles. The van der Waals surface area contributed by atoms with Crippen LogP contribution in [0.15, 0.2) is 36.8 Å². The molecule has 0 aliphatic carbocycles. The molecule has 1 aliphatic heterocycles. The molecule has 0 unspecified atom stereocenters. The minimum atomic E-state index is 0.553. The monoisotopic (exact) mass is 285 g/mol. The average Bonchev–Trinajstić information content (AvgIpc) is 3.03. The summed E-state index contributed by atoms with van der Waals surface area (Å²) in [6.07, 6.45) is 7.94. The number of anilines is 1. The normalized spacial score (nSPS) is 17.3. The van der Waals surface area contributed by atoms with E-state index in [2.05, 4.69) is 40.2 Å². The highest BCUT2D eigenvalue weighted by Crippen LogP contribution is 2.18. The van der Waals surface area contributed by atoms with Gasteiger partial charge in [0.05, 0.1) is 11.9 Å². The molecule has 1 N–H and O–H groups in total. The summed E-state index contributed by atoms with van der Waals surface area (Å²) >= 11 is 0. The Morgan fingerprint density at radius 2 is 2.05 bits per heavy atom. The first-order valence-electron chi connectivity index (χ1n) is 7.69. The van der Waals surface area contributed by atoms with Crippen molar-refractivity contribution in [2.75, 3.05) is 18.4 Å². The number of rotatable bonds is 4. The topological polar surface area (TPSA) is 46.0 Å². The zero-order valence-electron chi connectivity index (χ0n) is 12.7. The molecular formula is C16H23N5. The van der Waals surface area contributed by atoms with Crippen LogP contribution in [-0.2, 0) is 0 Å². The lowest BCUT2D eigenvalue weighted by Crippen LogP contribution is -2.42. The van der Waals surface area contributed by atoms with Gasteiger partial charge >= 0.3 is 0 Å². The van der Waals surface area contributed by atoms with Crippen molar-refractivity contribution in [1.29, 1.82) is 0 Å². The summed E-state index contributed by atoms with van der Waals surface area (Å²) in [6, 6.07) is 7.19. The Morgan fingerprint density at radius 1 is 1.24 bits per heavy atom. The van der Waals surface area contributed by atoms with Gasteiger partial charge in [-0.1, -0.05) is 0 Å². The average molecular weight is 285 g/mol. The fourth-order valence-electron chi connectivity index (χ4n) is 2.81. The highest BCUT2D eigenvalue weighted by Gasteiger charge is 2.20. The summed E-state index contributed by atoms with van der Waals surface area (Å²) < 4.78 is 1.77. The number of likely N-dealkylation sites (tertiary alicyclic amines) is 1. The van der Waals surface area contributed by atoms with Crippen molar-refractivity contribution in [1.82, 2.24) is 19.7 Å². The van der Waals surface area contributed by atoms with E-state index in [4.69, 9.17) is 0 Å². The minimum Gasteiger partial charge on any atom is -0.381 e. The molecule has 3 rings (SSSR count). The van der Waals surface area contributed by atoms with Gasteiger partial charge in [-0.3, -0.25) is 0 Å². The molecule has 0 radical (unpaired) electrons. The third-order valence-corrected chi connectivity index (χ3v) is 4.12. The summed E-state index contributed by atoms with van der Waals surface area (Å²) in [7, 11) is 0. The molecule has 0 spiro atoms. The van der Waals surface area contributed by atoms with Crippen LogP contribution in [0.4, 0.5) is 5.69 Å². The highest BCUT2D eigenvalue weighted by atomic mass is 15.3. The maximum atomic E-state index is 4.46. The number of hydrogen-bond donors (Lipinski definition) is 1. The molecule has 112 valence electrons. The maximum absolute atomic E-state index is 4.46. The van der Waals surface area contributed by atoms with E-state index in [0.29, 0.717) is 12.1 Å². The quantitative estimate of drug-likeness (QED) is 0.938. The number of pyridine rings is 1. The number of aromatic nitrogens is 3. The third kappa shape index (κ3) is 3.42. The Kier molecular flexibility index (Phi) is 4.20. The second kappa shape index (κ2) is 6.26. The van der Waals surface area contributed by atoms with Gasteiger partial charge in [0, 0.05) is 37.6 Å². The lowest BCUT2D eigenvalue weighted by molar-refractivity contribution is 0.177. The van der Waals surface area contributed by atoms with Crippen LogP contribution in [0.3, 0.4) is 0 Å². The number of nitrogens with zero attached hydrogens (tertiary/aromatic N) is 4. The molecule has 5 heteroatoms. The van der Waals surface area contributed by atoms with E-state index in [-0.39, 0.29) is 0 Å². The first-order chi connectivity index (χ1) is 10.2. The molecule has 1 saturated heterocycles. The second-order valence-corrected chi connectivity index (χ2v) is 5.90. The standard InChI is InChI=1S/C16H23N5/c1-13(2)20-10-6-14(7-11-20)19-15-4-5-16(17-12-15)21-9-3-8-18-21/h3-5,8-9,12-14,19H,6-7,10-11H2,1-2H3. The van der Waals surface area contributed by atoms with Crippen LogP contribution in [-0.4, -0.2) is 44.8 Å². The molecule has 2 aromatic rings. The van der Waals surface area contributed by atoms with Crippen LogP contribution in [0.1, 0.15) is 26.7 Å². The zero-order chi connectivity index (χ0) is 14.7. The smallest absolute Gasteiger partial charge is 0.153 e. The number of nitrogens with one attached hydrogen (secondary N) is 1. The highest BCUT2D eigenvalue weighted by molar-refractivity contribution is 5.44. The van der Waals surface area contributed by atoms with Crippen LogP contribution in [0.25, 0.3) is 5.82 Å². The van der Waals surface area contributed by atoms with Crippen molar-refractivity contribution in [3.8, 4) is 5.82 Å². The maximum Gasteiger partial charge on any atom is 0.153 e. The van der Waals surface area contributed by atoms with Crippen molar-refractivity contribution in [3.05, 3.63) is 36.8 Å². The van der Waals surface area contributed by atoms with Crippen LogP contribution in [0, 0.1) is 0 Å². The molecule has 1 fully saturated rings. The summed E-state index contributed by atoms with van der Waals surface area (Å²) in [5, 5.41) is 7.78. The van der Waals surface area contributed by atoms with E-state index in [1.54, 1.807) is 10.9 Å². The Bertz CT molecular complexity index is 539. The minimum absolute atomic E-state index is 0.553. The number of piperidine rings is 1. The van der Waals surface area contributed by atoms with Crippen LogP contribution in [0.2, 0.25) is 0 Å². The summed E-state index contributed by atoms with van der Waals surface area (Å²) in [4.78, 5) is 7.00. The van der Waals surface area contributed by atoms with Gasteiger partial charge in [0.2, 0.25) is 0 Å². The molecule has 5 nitrogen and oxygen atoms in total. The van der Waals surface area contributed by atoms with E-state index >= 15 is 0 Å². The van der Waals surface area contributed by atoms with Gasteiger partial charge in [-0.05, 0) is 44.9 Å². The number of hydrogen-bond acceptors (Lipinski definition) is 4. The van der Waals surface area contributed by atoms with Gasteiger partial charge in [-0.15, -0.1) is 0 Å². The Morgan fingerprint density at radius 3 is 2.62 bits per heavy atom. The van der Waals surface area contributed by atoms with E-state index < -0.39 is 0 Å². The van der Waals surface area contributed by atoms with Crippen LogP contribution in [0.5, 0.6) is 0 Å². The predicted molar refractivity (Wildman–Crippen MR) is 84.7 cm³/mol. The molecule has 3 heterocycles. The van der Waals surface area contributed by atoms with Gasteiger partial charge in [-0.25, -0.2) is 9.67 Å². The van der Waals surface area contributed by atoms with Crippen LogP contribution < -0.4 is 5.32 Å². The van der Waals surface area contributed by atoms with E-state index in [1.165, 1.54) is 25.9 Å². The Balaban J connectivity index is 1.57. The van der Waals surface area contributed by atoms with E-state index in [9.17, 15) is 0 Å². The molecule has 0 bridgehead atoms. The lowest BCUT2D eigenvalue weighted by atomic mass is 10.0. The summed E-state index contributed by atoms with van der Waals surface area (Å²) in [5.41, 5.74) is 1.09. The Labute approximate surface area is 126 Å². The van der Waals surface area contributed by atoms with Crippen molar-refractivity contribution in [2.24, 2.45) is 0 Å². The molecule has 0 saturated carbocycles. The van der Waals surface area contributed by atoms with Crippen molar-refractivity contribution in [3.63, 3.8) is 0 Å². The zero-order valence-corrected chi connectivity index (χ0v) is 12.7. The first kappa shape index (κ1) is 14.1. The first-order valence-corrected chi connectivity index (χ1v) is 7.69. The molecular weight excluding hydrogens is 262 g/mol. The van der Waals surface area contributed by atoms with Gasteiger partial charge in [0.25, 0.3) is 0 Å². The Hall–Kier alpha value is -1.88. The molecule has 0 amide bonds. The SMILES string of the molecule is CC(C)N1CCC(Nc2ccc(-n3cccn3)nc2)CC1.